The smallest absolute Gasteiger partial charge is 0.259 e. The molecule has 4 aromatic heterocycles. The first-order chi connectivity index (χ1) is 16.4. The van der Waals surface area contributed by atoms with E-state index in [9.17, 15) is 9.90 Å². The highest BCUT2D eigenvalue weighted by Gasteiger charge is 2.23. The Labute approximate surface area is 203 Å². The Hall–Kier alpha value is -3.41. The van der Waals surface area contributed by atoms with E-state index in [4.69, 9.17) is 16.3 Å². The normalized spacial score (nSPS) is 15.6. The molecule has 0 unspecified atom stereocenters. The fourth-order valence-electron chi connectivity index (χ4n) is 3.79. The van der Waals surface area contributed by atoms with Crippen molar-refractivity contribution in [3.63, 3.8) is 0 Å². The predicted molar refractivity (Wildman–Crippen MR) is 130 cm³/mol. The van der Waals surface area contributed by atoms with Crippen LogP contribution in [0, 0.1) is 6.92 Å². The summed E-state index contributed by atoms with van der Waals surface area (Å²) in [4.78, 5) is 37.5. The van der Waals surface area contributed by atoms with Crippen molar-refractivity contribution in [1.29, 1.82) is 0 Å². The molecule has 4 aromatic rings. The predicted octanol–water partition coefficient (Wildman–Crippen LogP) is 3.34. The third-order valence-corrected chi connectivity index (χ3v) is 6.51. The summed E-state index contributed by atoms with van der Waals surface area (Å²) in [5, 5.41) is 13.3. The summed E-state index contributed by atoms with van der Waals surface area (Å²) in [6.07, 6.45) is 4.99. The average Bonchev–Trinajstić information content (AvgIpc) is 3.43. The number of aromatic nitrogens is 5. The number of carbonyl (C=O) groups excluding carboxylic acids is 1. The molecule has 1 aliphatic heterocycles. The van der Waals surface area contributed by atoms with Gasteiger partial charge in [0.15, 0.2) is 15.6 Å². The van der Waals surface area contributed by atoms with Crippen LogP contribution in [0.25, 0.3) is 21.6 Å². The monoisotopic (exact) mass is 497 g/mol. The maximum absolute atomic E-state index is 13.2. The van der Waals surface area contributed by atoms with Crippen LogP contribution in [-0.4, -0.2) is 62.2 Å². The number of amides is 1. The van der Waals surface area contributed by atoms with Crippen LogP contribution in [0.1, 0.15) is 22.5 Å². The van der Waals surface area contributed by atoms with Crippen molar-refractivity contribution in [2.75, 3.05) is 30.4 Å². The van der Waals surface area contributed by atoms with Crippen LogP contribution in [0.4, 0.5) is 10.9 Å². The first-order valence-electron chi connectivity index (χ1n) is 10.5. The van der Waals surface area contributed by atoms with E-state index >= 15 is 0 Å². The highest BCUT2D eigenvalue weighted by atomic mass is 35.5. The number of β-amino-alcohol motifs (C(OH)–C–C–N with tert-alkyl or cyclic N) is 1. The lowest BCUT2D eigenvalue weighted by atomic mass is 10.0. The molecule has 174 valence electrons. The number of hydrogen-bond donors (Lipinski definition) is 2. The van der Waals surface area contributed by atoms with Gasteiger partial charge in [0.25, 0.3) is 5.91 Å². The minimum Gasteiger partial charge on any atom is -0.494 e. The number of pyridine rings is 2. The fourth-order valence-corrected chi connectivity index (χ4v) is 4.73. The number of methoxy groups -OCH3 is 1. The molecule has 0 saturated carbocycles. The van der Waals surface area contributed by atoms with Gasteiger partial charge in [0.2, 0.25) is 0 Å². The molecule has 5 heterocycles. The molecule has 0 aromatic carbocycles. The lowest BCUT2D eigenvalue weighted by Crippen LogP contribution is -2.22. The van der Waals surface area contributed by atoms with Crippen LogP contribution >= 0.6 is 22.9 Å². The van der Waals surface area contributed by atoms with Crippen molar-refractivity contribution in [3.8, 4) is 16.9 Å². The highest BCUT2D eigenvalue weighted by molar-refractivity contribution is 7.21. The summed E-state index contributed by atoms with van der Waals surface area (Å²) < 4.78 is 5.43. The zero-order chi connectivity index (χ0) is 23.8. The Morgan fingerprint density at radius 1 is 1.21 bits per heavy atom. The number of aliphatic hydroxyl groups is 1. The Morgan fingerprint density at radius 3 is 2.82 bits per heavy atom. The van der Waals surface area contributed by atoms with E-state index in [1.165, 1.54) is 30.8 Å². The number of nitrogens with one attached hydrogen (secondary N) is 1. The lowest BCUT2D eigenvalue weighted by molar-refractivity contribution is 0.102. The number of thiazole rings is 1. The summed E-state index contributed by atoms with van der Waals surface area (Å²) in [7, 11) is 1.53. The number of halogens is 1. The summed E-state index contributed by atoms with van der Waals surface area (Å²) in [5.74, 6) is 0.772. The van der Waals surface area contributed by atoms with Crippen molar-refractivity contribution >= 4 is 50.3 Å². The zero-order valence-corrected chi connectivity index (χ0v) is 19.9. The molecular formula is C22H20ClN7O3S. The topological polar surface area (TPSA) is 126 Å². The minimum atomic E-state index is -0.389. The highest BCUT2D eigenvalue weighted by Crippen LogP contribution is 2.34. The van der Waals surface area contributed by atoms with Crippen LogP contribution in [0.3, 0.4) is 0 Å². The number of carbonyl (C=O) groups is 1. The van der Waals surface area contributed by atoms with Gasteiger partial charge in [-0.2, -0.15) is 4.98 Å². The van der Waals surface area contributed by atoms with Crippen molar-refractivity contribution < 1.29 is 14.6 Å². The second-order valence-corrected chi connectivity index (χ2v) is 9.16. The van der Waals surface area contributed by atoms with Gasteiger partial charge >= 0.3 is 0 Å². The van der Waals surface area contributed by atoms with Gasteiger partial charge in [-0.05, 0) is 25.5 Å². The third kappa shape index (κ3) is 4.37. The molecule has 0 aliphatic carbocycles. The van der Waals surface area contributed by atoms with Crippen molar-refractivity contribution in [2.24, 2.45) is 0 Å². The second-order valence-electron chi connectivity index (χ2n) is 7.80. The number of aliphatic hydroxyl groups excluding tert-OH is 1. The van der Waals surface area contributed by atoms with E-state index in [2.05, 4.69) is 30.2 Å². The van der Waals surface area contributed by atoms with Crippen molar-refractivity contribution in [3.05, 3.63) is 47.1 Å². The summed E-state index contributed by atoms with van der Waals surface area (Å²) in [5.41, 5.74) is 2.74. The molecule has 10 nitrogen and oxygen atoms in total. The molecule has 5 rings (SSSR count). The number of ether oxygens (including phenoxy) is 1. The van der Waals surface area contributed by atoms with Crippen LogP contribution in [-0.2, 0) is 0 Å². The number of nitrogens with zero attached hydrogens (tertiary/aromatic N) is 6. The van der Waals surface area contributed by atoms with Gasteiger partial charge in [-0.25, -0.2) is 15.0 Å². The standard InChI is InChI=1S/C22H20ClN7O3S/c1-11-5-13(14-6-17(23)25-8-16(14)33-2)15(7-24-11)20(32)29-22-28-19-21(34-22)27-18(9-26-19)30-4-3-12(31)10-30/h5-9,12,31H,3-4,10H2,1-2H3,(H,26,28,29,32)/t12-/m1/s1. The first-order valence-corrected chi connectivity index (χ1v) is 11.6. The van der Waals surface area contributed by atoms with Gasteiger partial charge in [0.1, 0.15) is 16.7 Å². The molecule has 1 amide bonds. The Bertz CT molecular complexity index is 1400. The molecule has 2 N–H and O–H groups in total. The first kappa shape index (κ1) is 22.4. The van der Waals surface area contributed by atoms with E-state index in [-0.39, 0.29) is 17.2 Å². The van der Waals surface area contributed by atoms with Gasteiger partial charge in [0.05, 0.1) is 31.2 Å². The second kappa shape index (κ2) is 9.09. The van der Waals surface area contributed by atoms with Gasteiger partial charge in [0, 0.05) is 36.1 Å². The Kier molecular flexibility index (Phi) is 5.98. The number of anilines is 2. The van der Waals surface area contributed by atoms with E-state index in [1.807, 2.05) is 11.8 Å². The van der Waals surface area contributed by atoms with Gasteiger partial charge in [-0.1, -0.05) is 22.9 Å². The van der Waals surface area contributed by atoms with E-state index in [0.717, 1.165) is 12.2 Å². The molecule has 1 fully saturated rings. The molecule has 0 radical (unpaired) electrons. The van der Waals surface area contributed by atoms with Gasteiger partial charge < -0.3 is 14.7 Å². The SMILES string of the molecule is COc1cnc(Cl)cc1-c1cc(C)ncc1C(=O)Nc1nc2ncc(N3CC[C@@H](O)C3)nc2s1. The number of aryl methyl sites for hydroxylation is 1. The van der Waals surface area contributed by atoms with Crippen molar-refractivity contribution in [1.82, 2.24) is 24.9 Å². The number of fused-ring (bicyclic) bond motifs is 1. The van der Waals surface area contributed by atoms with E-state index < -0.39 is 0 Å². The van der Waals surface area contributed by atoms with Crippen LogP contribution in [0.2, 0.25) is 5.15 Å². The van der Waals surface area contributed by atoms with Gasteiger partial charge in [-0.15, -0.1) is 0 Å². The molecule has 1 aliphatic rings. The van der Waals surface area contributed by atoms with Crippen LogP contribution in [0.5, 0.6) is 5.75 Å². The average molecular weight is 498 g/mol. The molecule has 1 atom stereocenters. The number of hydrogen-bond acceptors (Lipinski definition) is 10. The molecule has 1 saturated heterocycles. The lowest BCUT2D eigenvalue weighted by Gasteiger charge is -2.15. The summed E-state index contributed by atoms with van der Waals surface area (Å²) in [6, 6.07) is 3.44. The largest absolute Gasteiger partial charge is 0.494 e. The zero-order valence-electron chi connectivity index (χ0n) is 18.3. The van der Waals surface area contributed by atoms with E-state index in [1.54, 1.807) is 18.3 Å². The number of rotatable bonds is 5. The maximum atomic E-state index is 13.2. The Morgan fingerprint density at radius 2 is 2.06 bits per heavy atom. The van der Waals surface area contributed by atoms with Crippen molar-refractivity contribution in [2.45, 2.75) is 19.4 Å². The third-order valence-electron chi connectivity index (χ3n) is 5.45. The molecule has 34 heavy (non-hydrogen) atoms. The van der Waals surface area contributed by atoms with Crippen LogP contribution in [0.15, 0.2) is 30.7 Å². The fraction of sp³-hybridized carbons (Fsp3) is 0.273. The summed E-state index contributed by atoms with van der Waals surface area (Å²) >= 11 is 7.34. The molecule has 0 bridgehead atoms. The van der Waals surface area contributed by atoms with Gasteiger partial charge in [-0.3, -0.25) is 15.1 Å². The Balaban J connectivity index is 1.45. The minimum absolute atomic E-state index is 0.279. The summed E-state index contributed by atoms with van der Waals surface area (Å²) in [6.45, 7) is 3.08. The molecule has 0 spiro atoms. The molecule has 12 heteroatoms. The maximum Gasteiger partial charge on any atom is 0.259 e. The quantitative estimate of drug-likeness (QED) is 0.399. The van der Waals surface area contributed by atoms with E-state index in [0.29, 0.717) is 56.8 Å². The van der Waals surface area contributed by atoms with Crippen LogP contribution < -0.4 is 15.0 Å². The molecular weight excluding hydrogens is 478 g/mol.